The number of nitriles is 2. The average molecular weight is 98.1 g/mol. The summed E-state index contributed by atoms with van der Waals surface area (Å²) in [5.41, 5.74) is 0. The van der Waals surface area contributed by atoms with E-state index in [2.05, 4.69) is 0 Å². The van der Waals surface area contributed by atoms with Gasteiger partial charge in [0.2, 0.25) is 0 Å². The van der Waals surface area contributed by atoms with Gasteiger partial charge in [-0.05, 0) is 0 Å². The lowest BCUT2D eigenvalue weighted by atomic mass is 11.0. The fourth-order valence-electron chi connectivity index (χ4n) is 0.0224. The Balaban J connectivity index is 4.00. The minimum atomic E-state index is -1.25. The van der Waals surface area contributed by atoms with Crippen molar-refractivity contribution in [3.8, 4) is 12.4 Å². The average Bonchev–Trinajstić information content (AvgIpc) is 1.68. The summed E-state index contributed by atoms with van der Waals surface area (Å²) >= 11 is 0. The maximum absolute atomic E-state index is 7.84. The van der Waals surface area contributed by atoms with Crippen LogP contribution in [0.5, 0.6) is 0 Å². The minimum absolute atomic E-state index is 1.25. The predicted molar refractivity (Wildman–Crippen MR) is 19.9 cm³/mol. The Bertz CT molecular complexity index is 117. The van der Waals surface area contributed by atoms with Crippen LogP contribution in [0.1, 0.15) is 0 Å². The third-order valence-electron chi connectivity index (χ3n) is 0.331. The number of quaternary nitrogens is 1. The molecule has 0 saturated heterocycles. The zero-order valence-electron chi connectivity index (χ0n) is 3.50. The maximum Gasteiger partial charge on any atom is 0.368 e. The fourth-order valence-corrected chi connectivity index (χ4v) is 0.0224. The van der Waals surface area contributed by atoms with Crippen molar-refractivity contribution in [2.75, 3.05) is 0 Å². The monoisotopic (exact) mass is 98.0 g/mol. The van der Waals surface area contributed by atoms with Crippen LogP contribution in [0.25, 0.3) is 0 Å². The number of hydrogen-bond acceptors (Lipinski definition) is 4. The van der Waals surface area contributed by atoms with Crippen molar-refractivity contribution in [2.45, 2.75) is 0 Å². The van der Waals surface area contributed by atoms with Gasteiger partial charge in [0.1, 0.15) is 0 Å². The van der Waals surface area contributed by atoms with E-state index in [9.17, 15) is 0 Å². The highest BCUT2D eigenvalue weighted by molar-refractivity contribution is 4.58. The predicted octanol–water partition coefficient (Wildman–Crippen LogP) is -1.49. The highest BCUT2D eigenvalue weighted by Gasteiger charge is 2.14. The standard InChI is InChI=1S/C2H4N5/c3-1-7(5,6)2-4/h5-6H2/q+1. The molecular weight excluding hydrogens is 94.1 g/mol. The SMILES string of the molecule is N#C[N+](N)(N)C#N. The third kappa shape index (κ3) is 1.68. The number of rotatable bonds is 0. The summed E-state index contributed by atoms with van der Waals surface area (Å²) in [6, 6.07) is 0. The highest BCUT2D eigenvalue weighted by Crippen LogP contribution is 1.72. The molecule has 0 aromatic rings. The van der Waals surface area contributed by atoms with Crippen molar-refractivity contribution in [3.63, 3.8) is 0 Å². The van der Waals surface area contributed by atoms with Gasteiger partial charge in [0.15, 0.2) is 0 Å². The summed E-state index contributed by atoms with van der Waals surface area (Å²) in [7, 11) is 0. The molecule has 0 aliphatic carbocycles. The summed E-state index contributed by atoms with van der Waals surface area (Å²) in [4.78, 5) is 0. The van der Waals surface area contributed by atoms with Crippen LogP contribution in [0.15, 0.2) is 0 Å². The molecule has 0 saturated carbocycles. The van der Waals surface area contributed by atoms with Crippen LogP contribution in [0.4, 0.5) is 0 Å². The van der Waals surface area contributed by atoms with Crippen LogP contribution in [0.2, 0.25) is 0 Å². The Kier molecular flexibility index (Phi) is 1.29. The minimum Gasteiger partial charge on any atom is -0.131 e. The largest absolute Gasteiger partial charge is 0.368 e. The van der Waals surface area contributed by atoms with E-state index in [0.29, 0.717) is 0 Å². The molecular formula is C2H4N5+. The van der Waals surface area contributed by atoms with E-state index >= 15 is 0 Å². The number of nitrogens with two attached hydrogens (primary N) is 2. The molecule has 0 aromatic carbocycles. The van der Waals surface area contributed by atoms with E-state index in [1.807, 2.05) is 0 Å². The second-order valence-corrected chi connectivity index (χ2v) is 0.977. The van der Waals surface area contributed by atoms with E-state index in [1.165, 1.54) is 12.4 Å². The number of hydrogen-bond donors (Lipinski definition) is 2. The molecule has 7 heavy (non-hydrogen) atoms. The zero-order chi connectivity index (χ0) is 5.91. The Hall–Kier alpha value is -1.14. The molecule has 0 atom stereocenters. The third-order valence-corrected chi connectivity index (χ3v) is 0.331. The lowest BCUT2D eigenvalue weighted by molar-refractivity contribution is -0.824. The van der Waals surface area contributed by atoms with Gasteiger partial charge < -0.3 is 0 Å². The van der Waals surface area contributed by atoms with Gasteiger partial charge in [-0.2, -0.15) is 0 Å². The van der Waals surface area contributed by atoms with Crippen molar-refractivity contribution in [1.29, 1.82) is 10.5 Å². The fraction of sp³-hybridized carbons (Fsp3) is 0. The molecule has 0 amide bonds. The van der Waals surface area contributed by atoms with Gasteiger partial charge in [0.25, 0.3) is 0 Å². The second kappa shape index (κ2) is 1.54. The van der Waals surface area contributed by atoms with Crippen LogP contribution in [-0.2, 0) is 0 Å². The molecule has 0 aliphatic rings. The molecule has 0 rings (SSSR count). The summed E-state index contributed by atoms with van der Waals surface area (Å²) in [6.45, 7) is 0. The van der Waals surface area contributed by atoms with Crippen molar-refractivity contribution in [3.05, 3.63) is 0 Å². The lowest BCUT2D eigenvalue weighted by Gasteiger charge is -1.98. The van der Waals surface area contributed by atoms with Crippen LogP contribution in [0, 0.1) is 22.9 Å². The van der Waals surface area contributed by atoms with Crippen molar-refractivity contribution in [2.24, 2.45) is 11.7 Å². The summed E-state index contributed by atoms with van der Waals surface area (Å²) in [5, 5.41) is 15.7. The van der Waals surface area contributed by atoms with Crippen LogP contribution >= 0.6 is 0 Å². The van der Waals surface area contributed by atoms with Gasteiger partial charge in [0.05, 0.1) is 0 Å². The molecule has 0 heterocycles. The van der Waals surface area contributed by atoms with E-state index in [-0.39, 0.29) is 0 Å². The summed E-state index contributed by atoms with van der Waals surface area (Å²) in [5.74, 6) is 9.42. The van der Waals surface area contributed by atoms with Crippen molar-refractivity contribution in [1.82, 2.24) is 0 Å². The van der Waals surface area contributed by atoms with Gasteiger partial charge in [0, 0.05) is 4.70 Å². The van der Waals surface area contributed by atoms with Gasteiger partial charge in [-0.25, -0.2) is 0 Å². The first-order valence-electron chi connectivity index (χ1n) is 1.41. The quantitative estimate of drug-likeness (QED) is 0.167. The van der Waals surface area contributed by atoms with Crippen molar-refractivity contribution < 1.29 is 4.70 Å². The first-order chi connectivity index (χ1) is 3.12. The van der Waals surface area contributed by atoms with Crippen LogP contribution in [0.3, 0.4) is 0 Å². The van der Waals surface area contributed by atoms with Gasteiger partial charge in [-0.3, -0.25) is 0 Å². The number of nitrogens with zero attached hydrogens (tertiary/aromatic N) is 3. The molecule has 0 spiro atoms. The van der Waals surface area contributed by atoms with Crippen molar-refractivity contribution >= 4 is 0 Å². The Morgan fingerprint density at radius 2 is 1.43 bits per heavy atom. The van der Waals surface area contributed by atoms with E-state index in [1.54, 1.807) is 0 Å². The lowest BCUT2D eigenvalue weighted by Crippen LogP contribution is -2.51. The first-order valence-corrected chi connectivity index (χ1v) is 1.41. The highest BCUT2D eigenvalue weighted by atomic mass is 15.7. The van der Waals surface area contributed by atoms with Gasteiger partial charge in [-0.15, -0.1) is 22.2 Å². The van der Waals surface area contributed by atoms with Crippen LogP contribution in [-0.4, -0.2) is 4.70 Å². The second-order valence-electron chi connectivity index (χ2n) is 0.977. The van der Waals surface area contributed by atoms with E-state index in [4.69, 9.17) is 22.2 Å². The molecule has 0 aromatic heterocycles. The molecule has 0 unspecified atom stereocenters. The molecule has 0 aliphatic heterocycles. The summed E-state index contributed by atoms with van der Waals surface area (Å²) in [6.07, 6.45) is 2.65. The first kappa shape index (κ1) is 5.86. The Morgan fingerprint density at radius 1 is 1.14 bits per heavy atom. The van der Waals surface area contributed by atoms with E-state index < -0.39 is 4.70 Å². The molecule has 5 nitrogen and oxygen atoms in total. The topological polar surface area (TPSA) is 99.6 Å². The van der Waals surface area contributed by atoms with Gasteiger partial charge in [-0.1, -0.05) is 0 Å². The molecule has 4 N–H and O–H groups in total. The molecule has 0 fully saturated rings. The maximum atomic E-state index is 7.84. The molecule has 5 heteroatoms. The van der Waals surface area contributed by atoms with Crippen LogP contribution < -0.4 is 11.7 Å². The summed E-state index contributed by atoms with van der Waals surface area (Å²) < 4.78 is -1.25. The normalized spacial score (nSPS) is 9.14. The zero-order valence-corrected chi connectivity index (χ0v) is 3.50. The van der Waals surface area contributed by atoms with Gasteiger partial charge >= 0.3 is 12.4 Å². The molecule has 0 bridgehead atoms. The van der Waals surface area contributed by atoms with E-state index in [0.717, 1.165) is 0 Å². The Labute approximate surface area is 40.5 Å². The smallest absolute Gasteiger partial charge is 0.131 e. The molecule has 0 radical (unpaired) electrons. The molecule has 36 valence electrons. The Morgan fingerprint density at radius 3 is 1.43 bits per heavy atom.